The molecule has 1 aromatic heterocycles. The lowest BCUT2D eigenvalue weighted by Gasteiger charge is -2.04. The molecule has 2 rings (SSSR count). The van der Waals surface area contributed by atoms with Crippen molar-refractivity contribution < 1.29 is 4.39 Å². The molecule has 1 heterocycles. The fraction of sp³-hybridized carbons (Fsp3) is 0.0909. The molecule has 0 aliphatic carbocycles. The second-order valence-corrected chi connectivity index (χ2v) is 3.29. The summed E-state index contributed by atoms with van der Waals surface area (Å²) < 4.78 is 13.6. The average Bonchev–Trinajstić information content (AvgIpc) is 2.26. The number of halogens is 1. The second-order valence-electron chi connectivity index (χ2n) is 3.11. The van der Waals surface area contributed by atoms with Crippen LogP contribution in [-0.4, -0.2) is 10.1 Å². The second kappa shape index (κ2) is 3.85. The zero-order valence-electron chi connectivity index (χ0n) is 7.99. The van der Waals surface area contributed by atoms with Crippen LogP contribution in [-0.2, 0) is 0 Å². The van der Waals surface area contributed by atoms with Gasteiger partial charge in [-0.25, -0.2) is 4.39 Å². The molecule has 0 fully saturated rings. The number of thiocarbonyl (C=S) groups is 1. The van der Waals surface area contributed by atoms with E-state index in [9.17, 15) is 4.39 Å². The lowest BCUT2D eigenvalue weighted by Crippen LogP contribution is -1.87. The molecule has 0 aliphatic rings. The smallest absolute Gasteiger partial charge is 0.134 e. The van der Waals surface area contributed by atoms with E-state index in [2.05, 4.69) is 27.4 Å². The van der Waals surface area contributed by atoms with Gasteiger partial charge in [-0.15, -0.1) is 0 Å². The monoisotopic (exact) mass is 218 g/mol. The minimum atomic E-state index is -0.340. The van der Waals surface area contributed by atoms with Crippen LogP contribution in [0.1, 0.15) is 5.56 Å². The summed E-state index contributed by atoms with van der Waals surface area (Å²) in [7, 11) is 0. The van der Waals surface area contributed by atoms with Crippen molar-refractivity contribution in [1.29, 1.82) is 0 Å². The molecule has 1 aromatic carbocycles. The molecule has 0 N–H and O–H groups in total. The van der Waals surface area contributed by atoms with E-state index in [1.165, 1.54) is 6.07 Å². The molecule has 15 heavy (non-hydrogen) atoms. The summed E-state index contributed by atoms with van der Waals surface area (Å²) in [6.45, 7) is 1.83. The highest BCUT2D eigenvalue weighted by molar-refractivity contribution is 7.78. The van der Waals surface area contributed by atoms with Crippen molar-refractivity contribution in [3.05, 3.63) is 35.8 Å². The number of benzene rings is 1. The zero-order valence-corrected chi connectivity index (χ0v) is 8.81. The first-order chi connectivity index (χ1) is 7.24. The van der Waals surface area contributed by atoms with Gasteiger partial charge in [0.1, 0.15) is 5.82 Å². The third kappa shape index (κ3) is 1.65. The van der Waals surface area contributed by atoms with Gasteiger partial charge in [0.15, 0.2) is 0 Å². The molecule has 0 unspecified atom stereocenters. The number of rotatable bonds is 1. The number of nitrogens with zero attached hydrogens (tertiary/aromatic N) is 2. The van der Waals surface area contributed by atoms with Gasteiger partial charge >= 0.3 is 0 Å². The van der Waals surface area contributed by atoms with Gasteiger partial charge < -0.3 is 0 Å². The van der Waals surface area contributed by atoms with Crippen molar-refractivity contribution >= 4 is 34.0 Å². The molecule has 2 nitrogen and oxygen atoms in total. The van der Waals surface area contributed by atoms with E-state index in [1.807, 2.05) is 6.92 Å². The minimum absolute atomic E-state index is 0.340. The van der Waals surface area contributed by atoms with Gasteiger partial charge in [0.05, 0.1) is 16.4 Å². The summed E-state index contributed by atoms with van der Waals surface area (Å²) >= 11 is 4.50. The highest BCUT2D eigenvalue weighted by atomic mass is 32.1. The number of aryl methyl sites for hydroxylation is 1. The summed E-state index contributed by atoms with van der Waals surface area (Å²) in [5.41, 5.74) is 1.90. The first kappa shape index (κ1) is 9.90. The standard InChI is InChI=1S/C11H7FN2S/c1-7-10(14-6-15)5-9(12)8-3-2-4-13-11(7)8/h2-5H,1H3. The van der Waals surface area contributed by atoms with Crippen LogP contribution in [0, 0.1) is 12.7 Å². The third-order valence-electron chi connectivity index (χ3n) is 2.23. The Hall–Kier alpha value is -1.64. The van der Waals surface area contributed by atoms with Gasteiger partial charge in [-0.2, -0.15) is 4.99 Å². The molecule has 0 atom stereocenters. The normalized spacial score (nSPS) is 10.0. The van der Waals surface area contributed by atoms with E-state index >= 15 is 0 Å². The summed E-state index contributed by atoms with van der Waals surface area (Å²) in [4.78, 5) is 7.92. The molecular weight excluding hydrogens is 211 g/mol. The fourth-order valence-corrected chi connectivity index (χ4v) is 1.59. The number of fused-ring (bicyclic) bond motifs is 1. The number of aromatic nitrogens is 1. The maximum Gasteiger partial charge on any atom is 0.134 e. The van der Waals surface area contributed by atoms with Crippen LogP contribution >= 0.6 is 12.2 Å². The molecule has 0 bridgehead atoms. The molecule has 0 aliphatic heterocycles. The van der Waals surface area contributed by atoms with Crippen molar-refractivity contribution in [2.45, 2.75) is 6.92 Å². The van der Waals surface area contributed by atoms with E-state index in [1.54, 1.807) is 18.3 Å². The van der Waals surface area contributed by atoms with Crippen LogP contribution in [0.15, 0.2) is 29.4 Å². The van der Waals surface area contributed by atoms with E-state index in [0.717, 1.165) is 5.56 Å². The van der Waals surface area contributed by atoms with Crippen LogP contribution in [0.5, 0.6) is 0 Å². The Morgan fingerprint density at radius 2 is 2.33 bits per heavy atom. The van der Waals surface area contributed by atoms with E-state index in [-0.39, 0.29) is 5.82 Å². The highest BCUT2D eigenvalue weighted by Gasteiger charge is 2.08. The zero-order chi connectivity index (χ0) is 10.8. The van der Waals surface area contributed by atoms with Gasteiger partial charge in [-0.1, -0.05) is 0 Å². The molecule has 0 amide bonds. The Bertz CT molecular complexity index is 574. The van der Waals surface area contributed by atoms with E-state index < -0.39 is 0 Å². The Morgan fingerprint density at radius 1 is 1.53 bits per heavy atom. The van der Waals surface area contributed by atoms with E-state index in [4.69, 9.17) is 0 Å². The van der Waals surface area contributed by atoms with E-state index in [0.29, 0.717) is 16.6 Å². The minimum Gasteiger partial charge on any atom is -0.256 e. The van der Waals surface area contributed by atoms with Crippen molar-refractivity contribution in [1.82, 2.24) is 4.98 Å². The number of pyridine rings is 1. The van der Waals surface area contributed by atoms with Crippen molar-refractivity contribution in [3.63, 3.8) is 0 Å². The Labute approximate surface area is 91.5 Å². The molecule has 2 aromatic rings. The molecule has 0 saturated carbocycles. The largest absolute Gasteiger partial charge is 0.256 e. The van der Waals surface area contributed by atoms with Crippen LogP contribution < -0.4 is 0 Å². The van der Waals surface area contributed by atoms with Crippen molar-refractivity contribution in [3.8, 4) is 0 Å². The number of isothiocyanates is 1. The number of hydrogen-bond acceptors (Lipinski definition) is 3. The molecular formula is C11H7FN2S. The predicted molar refractivity (Wildman–Crippen MR) is 61.1 cm³/mol. The van der Waals surface area contributed by atoms with Gasteiger partial charge in [0.2, 0.25) is 0 Å². The van der Waals surface area contributed by atoms with Crippen LogP contribution in [0.25, 0.3) is 10.9 Å². The first-order valence-corrected chi connectivity index (χ1v) is 4.76. The SMILES string of the molecule is Cc1c(N=C=S)cc(F)c2cccnc12. The fourth-order valence-electron chi connectivity index (χ4n) is 1.49. The highest BCUT2D eigenvalue weighted by Crippen LogP contribution is 2.28. The maximum absolute atomic E-state index is 13.6. The first-order valence-electron chi connectivity index (χ1n) is 4.35. The lowest BCUT2D eigenvalue weighted by molar-refractivity contribution is 0.639. The maximum atomic E-state index is 13.6. The predicted octanol–water partition coefficient (Wildman–Crippen LogP) is 3.42. The van der Waals surface area contributed by atoms with Crippen molar-refractivity contribution in [2.75, 3.05) is 0 Å². The molecule has 0 spiro atoms. The van der Waals surface area contributed by atoms with Crippen LogP contribution in [0.4, 0.5) is 10.1 Å². The summed E-state index contributed by atoms with van der Waals surface area (Å²) in [6, 6.07) is 4.74. The molecule has 0 saturated heterocycles. The Kier molecular flexibility index (Phi) is 2.54. The lowest BCUT2D eigenvalue weighted by atomic mass is 10.1. The van der Waals surface area contributed by atoms with Crippen LogP contribution in [0.2, 0.25) is 0 Å². The van der Waals surface area contributed by atoms with Gasteiger partial charge in [-0.3, -0.25) is 4.98 Å². The van der Waals surface area contributed by atoms with Gasteiger partial charge in [0.25, 0.3) is 0 Å². The number of hydrogen-bond donors (Lipinski definition) is 0. The van der Waals surface area contributed by atoms with Crippen LogP contribution in [0.3, 0.4) is 0 Å². The molecule has 74 valence electrons. The average molecular weight is 218 g/mol. The number of aliphatic imine (C=N–C) groups is 1. The Balaban J connectivity index is 2.90. The quantitative estimate of drug-likeness (QED) is 0.541. The summed E-state index contributed by atoms with van der Waals surface area (Å²) in [6.07, 6.45) is 1.62. The van der Waals surface area contributed by atoms with Gasteiger partial charge in [-0.05, 0) is 31.3 Å². The summed E-state index contributed by atoms with van der Waals surface area (Å²) in [5.74, 6) is -0.340. The van der Waals surface area contributed by atoms with Crippen molar-refractivity contribution in [2.24, 2.45) is 4.99 Å². The third-order valence-corrected chi connectivity index (χ3v) is 2.33. The Morgan fingerprint density at radius 3 is 3.07 bits per heavy atom. The molecule has 0 radical (unpaired) electrons. The topological polar surface area (TPSA) is 25.2 Å². The molecule has 4 heteroatoms. The summed E-state index contributed by atoms with van der Waals surface area (Å²) in [5, 5.41) is 2.73. The van der Waals surface area contributed by atoms with Gasteiger partial charge in [0, 0.05) is 23.2 Å².